The molecule has 2 aromatic heterocycles. The van der Waals surface area contributed by atoms with Crippen LogP contribution in [0.2, 0.25) is 0 Å². The zero-order chi connectivity index (χ0) is 15.0. The van der Waals surface area contributed by atoms with Gasteiger partial charge in [0, 0.05) is 0 Å². The van der Waals surface area contributed by atoms with Crippen LogP contribution in [-0.2, 0) is 6.54 Å². The van der Waals surface area contributed by atoms with E-state index in [1.807, 2.05) is 26.0 Å². The molecule has 21 heavy (non-hydrogen) atoms. The van der Waals surface area contributed by atoms with Crippen LogP contribution in [0.15, 0.2) is 35.5 Å². The van der Waals surface area contributed by atoms with Crippen molar-refractivity contribution in [3.63, 3.8) is 0 Å². The monoisotopic (exact) mass is 278 g/mol. The van der Waals surface area contributed by atoms with Crippen LogP contribution in [0.25, 0.3) is 16.7 Å². The predicted octanol–water partition coefficient (Wildman–Crippen LogP) is 1.83. The molecule has 0 N–H and O–H groups in total. The van der Waals surface area contributed by atoms with E-state index in [1.165, 1.54) is 22.7 Å². The maximum absolute atomic E-state index is 12.3. The maximum Gasteiger partial charge on any atom is 0.265 e. The van der Waals surface area contributed by atoms with Crippen molar-refractivity contribution in [1.29, 1.82) is 0 Å². The lowest BCUT2D eigenvalue weighted by Gasteiger charge is -2.08. The van der Waals surface area contributed by atoms with Gasteiger partial charge in [-0.2, -0.15) is 5.10 Å². The van der Waals surface area contributed by atoms with Gasteiger partial charge in [0.05, 0.1) is 18.4 Å². The molecule has 0 aliphatic rings. The first-order chi connectivity index (χ1) is 10.1. The fourth-order valence-electron chi connectivity index (χ4n) is 2.38. The molecule has 0 aliphatic heterocycles. The molecule has 0 atom stereocenters. The Morgan fingerprint density at radius 1 is 1.33 bits per heavy atom. The summed E-state index contributed by atoms with van der Waals surface area (Å²) < 4.78 is 3.09. The van der Waals surface area contributed by atoms with Crippen LogP contribution < -0.4 is 5.56 Å². The average Bonchev–Trinajstić information content (AvgIpc) is 2.87. The molecule has 0 unspecified atom stereocenters. The number of hydrogen-bond donors (Lipinski definition) is 0. The molecule has 0 saturated carbocycles. The number of nitrogens with zero attached hydrogens (tertiary/aromatic N) is 4. The molecule has 2 heterocycles. The quantitative estimate of drug-likeness (QED) is 0.672. The zero-order valence-electron chi connectivity index (χ0n) is 11.9. The normalized spacial score (nSPS) is 10.7. The van der Waals surface area contributed by atoms with Gasteiger partial charge in [0.15, 0.2) is 5.65 Å². The Kier molecular flexibility index (Phi) is 3.07. The summed E-state index contributed by atoms with van der Waals surface area (Å²) in [6.45, 7) is 4.25. The largest absolute Gasteiger partial charge is 0.287 e. The fraction of sp³-hybridized carbons (Fsp3) is 0.188. The number of terminal acetylenes is 1. The summed E-state index contributed by atoms with van der Waals surface area (Å²) in [5.74, 6) is 2.44. The van der Waals surface area contributed by atoms with E-state index in [4.69, 9.17) is 6.42 Å². The first-order valence-corrected chi connectivity index (χ1v) is 6.56. The van der Waals surface area contributed by atoms with Crippen LogP contribution in [-0.4, -0.2) is 19.3 Å². The number of aryl methyl sites for hydroxylation is 2. The number of rotatable bonds is 2. The summed E-state index contributed by atoms with van der Waals surface area (Å²) in [5.41, 5.74) is 3.54. The highest BCUT2D eigenvalue weighted by Gasteiger charge is 2.12. The molecule has 3 rings (SSSR count). The molecule has 104 valence electrons. The molecule has 1 aromatic carbocycles. The van der Waals surface area contributed by atoms with Gasteiger partial charge in [-0.05, 0) is 25.5 Å². The molecular formula is C16H14N4O. The minimum Gasteiger partial charge on any atom is -0.287 e. The van der Waals surface area contributed by atoms with E-state index < -0.39 is 0 Å². The van der Waals surface area contributed by atoms with E-state index in [0.717, 1.165) is 11.3 Å². The molecule has 0 spiro atoms. The third kappa shape index (κ3) is 2.11. The molecule has 0 fully saturated rings. The Bertz CT molecular complexity index is 928. The van der Waals surface area contributed by atoms with Crippen molar-refractivity contribution in [2.24, 2.45) is 0 Å². The molecule has 5 nitrogen and oxygen atoms in total. The summed E-state index contributed by atoms with van der Waals surface area (Å²) in [6.07, 6.45) is 8.25. The standard InChI is InChI=1S/C16H14N4O/c1-4-7-19-10-17-15-13(16(19)21)9-18-20(15)14-6-5-11(2)8-12(14)3/h1,5-6,8-10H,7H2,2-3H3. The highest BCUT2D eigenvalue weighted by molar-refractivity contribution is 5.75. The lowest BCUT2D eigenvalue weighted by molar-refractivity contribution is 0.778. The van der Waals surface area contributed by atoms with Gasteiger partial charge in [0.2, 0.25) is 0 Å². The van der Waals surface area contributed by atoms with Crippen molar-refractivity contribution in [3.8, 4) is 18.0 Å². The van der Waals surface area contributed by atoms with E-state index in [1.54, 1.807) is 4.68 Å². The van der Waals surface area contributed by atoms with Crippen molar-refractivity contribution in [3.05, 3.63) is 52.2 Å². The van der Waals surface area contributed by atoms with Gasteiger partial charge in [-0.1, -0.05) is 23.6 Å². The lowest BCUT2D eigenvalue weighted by Crippen LogP contribution is -2.19. The van der Waals surface area contributed by atoms with Gasteiger partial charge in [0.25, 0.3) is 5.56 Å². The van der Waals surface area contributed by atoms with Crippen molar-refractivity contribution in [2.75, 3.05) is 0 Å². The van der Waals surface area contributed by atoms with Gasteiger partial charge in [-0.15, -0.1) is 6.42 Å². The molecule has 3 aromatic rings. The highest BCUT2D eigenvalue weighted by atomic mass is 16.1. The minimum atomic E-state index is -0.172. The average molecular weight is 278 g/mol. The Hall–Kier alpha value is -2.87. The first kappa shape index (κ1) is 13.1. The van der Waals surface area contributed by atoms with Gasteiger partial charge in [-0.25, -0.2) is 9.67 Å². The summed E-state index contributed by atoms with van der Waals surface area (Å²) >= 11 is 0. The lowest BCUT2D eigenvalue weighted by atomic mass is 10.1. The van der Waals surface area contributed by atoms with Crippen molar-refractivity contribution < 1.29 is 0 Å². The van der Waals surface area contributed by atoms with E-state index in [0.29, 0.717) is 11.0 Å². The molecule has 0 radical (unpaired) electrons. The second kappa shape index (κ2) is 4.91. The Morgan fingerprint density at radius 3 is 2.86 bits per heavy atom. The molecular weight excluding hydrogens is 264 g/mol. The first-order valence-electron chi connectivity index (χ1n) is 6.56. The van der Waals surface area contributed by atoms with E-state index in [9.17, 15) is 4.79 Å². The minimum absolute atomic E-state index is 0.172. The number of aromatic nitrogens is 4. The van der Waals surface area contributed by atoms with Gasteiger partial charge < -0.3 is 0 Å². The molecule has 0 aliphatic carbocycles. The molecule has 0 amide bonds. The summed E-state index contributed by atoms with van der Waals surface area (Å²) in [4.78, 5) is 16.6. The van der Waals surface area contributed by atoms with Crippen LogP contribution in [0.5, 0.6) is 0 Å². The molecule has 0 bridgehead atoms. The predicted molar refractivity (Wildman–Crippen MR) is 81.4 cm³/mol. The SMILES string of the molecule is C#CCn1cnc2c(cnn2-c2ccc(C)cc2C)c1=O. The highest BCUT2D eigenvalue weighted by Crippen LogP contribution is 2.18. The third-order valence-corrected chi connectivity index (χ3v) is 3.40. The maximum atomic E-state index is 12.3. The van der Waals surface area contributed by atoms with Crippen LogP contribution in [0.1, 0.15) is 11.1 Å². The van der Waals surface area contributed by atoms with Gasteiger partial charge >= 0.3 is 0 Å². The van der Waals surface area contributed by atoms with Crippen molar-refractivity contribution >= 4 is 11.0 Å². The van der Waals surface area contributed by atoms with Crippen molar-refractivity contribution in [1.82, 2.24) is 19.3 Å². The number of hydrogen-bond acceptors (Lipinski definition) is 3. The Balaban J connectivity index is 2.24. The van der Waals surface area contributed by atoms with E-state index in [2.05, 4.69) is 22.1 Å². The molecule has 5 heteroatoms. The second-order valence-corrected chi connectivity index (χ2v) is 4.97. The fourth-order valence-corrected chi connectivity index (χ4v) is 2.38. The Labute approximate surface area is 121 Å². The summed E-state index contributed by atoms with van der Waals surface area (Å²) in [5, 5.41) is 4.77. The van der Waals surface area contributed by atoms with E-state index >= 15 is 0 Å². The second-order valence-electron chi connectivity index (χ2n) is 4.97. The van der Waals surface area contributed by atoms with Crippen LogP contribution in [0.4, 0.5) is 0 Å². The smallest absolute Gasteiger partial charge is 0.265 e. The number of fused-ring (bicyclic) bond motifs is 1. The topological polar surface area (TPSA) is 52.7 Å². The van der Waals surface area contributed by atoms with Gasteiger partial charge in [0.1, 0.15) is 11.7 Å². The Morgan fingerprint density at radius 2 is 2.14 bits per heavy atom. The van der Waals surface area contributed by atoms with Crippen LogP contribution in [0.3, 0.4) is 0 Å². The van der Waals surface area contributed by atoms with Crippen molar-refractivity contribution in [2.45, 2.75) is 20.4 Å². The van der Waals surface area contributed by atoms with E-state index in [-0.39, 0.29) is 12.1 Å². The zero-order valence-corrected chi connectivity index (χ0v) is 11.9. The van der Waals surface area contributed by atoms with Crippen LogP contribution in [0, 0.1) is 26.2 Å². The van der Waals surface area contributed by atoms with Crippen LogP contribution >= 0.6 is 0 Å². The summed E-state index contributed by atoms with van der Waals surface area (Å²) in [6, 6.07) is 6.06. The number of benzene rings is 1. The summed E-state index contributed by atoms with van der Waals surface area (Å²) in [7, 11) is 0. The van der Waals surface area contributed by atoms with Gasteiger partial charge in [-0.3, -0.25) is 9.36 Å². The third-order valence-electron chi connectivity index (χ3n) is 3.40. The molecule has 0 saturated heterocycles.